The summed E-state index contributed by atoms with van der Waals surface area (Å²) in [7, 11) is -3.43. The summed E-state index contributed by atoms with van der Waals surface area (Å²) in [6.45, 7) is 7.27. The van der Waals surface area contributed by atoms with Gasteiger partial charge in [-0.3, -0.25) is 4.90 Å². The van der Waals surface area contributed by atoms with E-state index in [1.807, 2.05) is 41.1 Å². The predicted octanol–water partition coefficient (Wildman–Crippen LogP) is 3.30. The Bertz CT molecular complexity index is 897. The molecule has 0 atom stereocenters. The molecular weight excluding hydrogens is 366 g/mol. The zero-order chi connectivity index (χ0) is 18.7. The summed E-state index contributed by atoms with van der Waals surface area (Å²) >= 11 is 5.33. The van der Waals surface area contributed by atoms with Gasteiger partial charge in [0.25, 0.3) is 0 Å². The number of nitrogens with zero attached hydrogens (tertiary/aromatic N) is 3. The molecule has 0 N–H and O–H groups in total. The SMILES string of the molecule is CC(C)c1ccc(S(=O)(=O)N2CCN(Cn3ccccc3=S)CC2)cc1. The van der Waals surface area contributed by atoms with Gasteiger partial charge in [-0.05, 0) is 35.7 Å². The summed E-state index contributed by atoms with van der Waals surface area (Å²) in [5.41, 5.74) is 1.15. The number of aromatic nitrogens is 1. The van der Waals surface area contributed by atoms with Crippen molar-refractivity contribution in [3.8, 4) is 0 Å². The molecule has 1 saturated heterocycles. The van der Waals surface area contributed by atoms with Gasteiger partial charge in [0.15, 0.2) is 0 Å². The minimum atomic E-state index is -3.43. The fraction of sp³-hybridized carbons (Fsp3) is 0.421. The van der Waals surface area contributed by atoms with Crippen molar-refractivity contribution in [1.82, 2.24) is 13.8 Å². The van der Waals surface area contributed by atoms with Gasteiger partial charge in [-0.15, -0.1) is 0 Å². The Labute approximate surface area is 160 Å². The van der Waals surface area contributed by atoms with E-state index in [2.05, 4.69) is 18.7 Å². The van der Waals surface area contributed by atoms with Gasteiger partial charge in [0.2, 0.25) is 10.0 Å². The van der Waals surface area contributed by atoms with E-state index in [-0.39, 0.29) is 0 Å². The highest BCUT2D eigenvalue weighted by Crippen LogP contribution is 2.21. The van der Waals surface area contributed by atoms with Crippen LogP contribution in [0.1, 0.15) is 25.3 Å². The van der Waals surface area contributed by atoms with Crippen LogP contribution in [0.2, 0.25) is 0 Å². The average Bonchev–Trinajstić information content (AvgIpc) is 2.64. The van der Waals surface area contributed by atoms with Gasteiger partial charge in [0.1, 0.15) is 4.64 Å². The number of hydrogen-bond donors (Lipinski definition) is 0. The van der Waals surface area contributed by atoms with Crippen LogP contribution >= 0.6 is 12.2 Å². The van der Waals surface area contributed by atoms with Crippen molar-refractivity contribution in [3.63, 3.8) is 0 Å². The lowest BCUT2D eigenvalue weighted by atomic mass is 10.0. The van der Waals surface area contributed by atoms with Crippen LogP contribution in [-0.2, 0) is 16.7 Å². The predicted molar refractivity (Wildman–Crippen MR) is 106 cm³/mol. The molecule has 1 aromatic carbocycles. The summed E-state index contributed by atoms with van der Waals surface area (Å²) in [5.74, 6) is 0.389. The summed E-state index contributed by atoms with van der Waals surface area (Å²) in [4.78, 5) is 2.60. The van der Waals surface area contributed by atoms with E-state index < -0.39 is 10.0 Å². The normalized spacial score (nSPS) is 16.9. The Kier molecular flexibility index (Phi) is 5.92. The second-order valence-electron chi connectivity index (χ2n) is 6.90. The molecule has 1 fully saturated rings. The Morgan fingerprint density at radius 3 is 2.23 bits per heavy atom. The quantitative estimate of drug-likeness (QED) is 0.734. The number of hydrogen-bond acceptors (Lipinski definition) is 4. The van der Waals surface area contributed by atoms with Crippen molar-refractivity contribution in [3.05, 3.63) is 58.9 Å². The molecule has 7 heteroatoms. The molecular formula is C19H25N3O2S2. The molecule has 1 aliphatic rings. The van der Waals surface area contributed by atoms with Crippen LogP contribution in [0.15, 0.2) is 53.6 Å². The van der Waals surface area contributed by atoms with Gasteiger partial charge < -0.3 is 4.57 Å². The van der Waals surface area contributed by atoms with Crippen LogP contribution in [0, 0.1) is 4.64 Å². The second kappa shape index (κ2) is 8.00. The maximum Gasteiger partial charge on any atom is 0.243 e. The summed E-state index contributed by atoms with van der Waals surface area (Å²) in [6.07, 6.45) is 1.96. The first-order chi connectivity index (χ1) is 12.4. The average molecular weight is 392 g/mol. The smallest absolute Gasteiger partial charge is 0.243 e. The van der Waals surface area contributed by atoms with E-state index in [1.54, 1.807) is 16.4 Å². The van der Waals surface area contributed by atoms with Crippen molar-refractivity contribution in [2.45, 2.75) is 31.3 Å². The molecule has 0 radical (unpaired) electrons. The van der Waals surface area contributed by atoms with Gasteiger partial charge >= 0.3 is 0 Å². The maximum absolute atomic E-state index is 12.9. The highest BCUT2D eigenvalue weighted by molar-refractivity contribution is 7.89. The van der Waals surface area contributed by atoms with Gasteiger partial charge in [0, 0.05) is 32.4 Å². The van der Waals surface area contributed by atoms with Gasteiger partial charge in [0.05, 0.1) is 11.6 Å². The number of benzene rings is 1. The third-order valence-electron chi connectivity index (χ3n) is 4.77. The molecule has 1 aliphatic heterocycles. The van der Waals surface area contributed by atoms with E-state index in [1.165, 1.54) is 0 Å². The zero-order valence-corrected chi connectivity index (χ0v) is 16.8. The van der Waals surface area contributed by atoms with Crippen LogP contribution in [0.5, 0.6) is 0 Å². The molecule has 2 heterocycles. The lowest BCUT2D eigenvalue weighted by Gasteiger charge is -2.34. The number of rotatable bonds is 5. The Morgan fingerprint density at radius 1 is 1.00 bits per heavy atom. The van der Waals surface area contributed by atoms with Crippen molar-refractivity contribution in [2.24, 2.45) is 0 Å². The molecule has 0 amide bonds. The Balaban J connectivity index is 1.65. The van der Waals surface area contributed by atoms with E-state index in [4.69, 9.17) is 12.2 Å². The van der Waals surface area contributed by atoms with Crippen LogP contribution in [-0.4, -0.2) is 48.4 Å². The molecule has 1 aromatic heterocycles. The van der Waals surface area contributed by atoms with E-state index in [0.717, 1.165) is 10.2 Å². The first-order valence-electron chi connectivity index (χ1n) is 8.86. The molecule has 0 spiro atoms. The highest BCUT2D eigenvalue weighted by atomic mass is 32.2. The molecule has 140 valence electrons. The number of piperazine rings is 1. The van der Waals surface area contributed by atoms with E-state index in [9.17, 15) is 8.42 Å². The largest absolute Gasteiger partial charge is 0.326 e. The van der Waals surface area contributed by atoms with Crippen molar-refractivity contribution >= 4 is 22.2 Å². The van der Waals surface area contributed by atoms with Crippen LogP contribution < -0.4 is 0 Å². The van der Waals surface area contributed by atoms with Crippen molar-refractivity contribution < 1.29 is 8.42 Å². The lowest BCUT2D eigenvalue weighted by molar-refractivity contribution is 0.151. The summed E-state index contributed by atoms with van der Waals surface area (Å²) in [6, 6.07) is 13.0. The number of sulfonamides is 1. The fourth-order valence-electron chi connectivity index (χ4n) is 3.08. The molecule has 0 saturated carbocycles. The third-order valence-corrected chi connectivity index (χ3v) is 7.05. The minimum absolute atomic E-state index is 0.376. The second-order valence-corrected chi connectivity index (χ2v) is 9.25. The maximum atomic E-state index is 12.9. The molecule has 3 rings (SSSR count). The van der Waals surface area contributed by atoms with E-state index in [0.29, 0.717) is 43.7 Å². The summed E-state index contributed by atoms with van der Waals surface area (Å²) < 4.78 is 30.1. The zero-order valence-electron chi connectivity index (χ0n) is 15.2. The molecule has 5 nitrogen and oxygen atoms in total. The first kappa shape index (κ1) is 19.2. The van der Waals surface area contributed by atoms with Crippen LogP contribution in [0.4, 0.5) is 0 Å². The van der Waals surface area contributed by atoms with Crippen LogP contribution in [0.3, 0.4) is 0 Å². The number of pyridine rings is 1. The molecule has 0 bridgehead atoms. The topological polar surface area (TPSA) is 45.6 Å². The summed E-state index contributed by atoms with van der Waals surface area (Å²) in [5, 5.41) is 0. The van der Waals surface area contributed by atoms with Crippen molar-refractivity contribution in [2.75, 3.05) is 26.2 Å². The molecule has 26 heavy (non-hydrogen) atoms. The Hall–Kier alpha value is -1.54. The first-order valence-corrected chi connectivity index (χ1v) is 10.7. The third kappa shape index (κ3) is 4.23. The molecule has 0 unspecified atom stereocenters. The highest BCUT2D eigenvalue weighted by Gasteiger charge is 2.28. The molecule has 0 aliphatic carbocycles. The van der Waals surface area contributed by atoms with Gasteiger partial charge in [-0.2, -0.15) is 4.31 Å². The Morgan fingerprint density at radius 2 is 1.65 bits per heavy atom. The fourth-order valence-corrected chi connectivity index (χ4v) is 4.70. The molecule has 2 aromatic rings. The van der Waals surface area contributed by atoms with Gasteiger partial charge in [-0.1, -0.05) is 44.3 Å². The van der Waals surface area contributed by atoms with Crippen molar-refractivity contribution in [1.29, 1.82) is 0 Å². The minimum Gasteiger partial charge on any atom is -0.326 e. The van der Waals surface area contributed by atoms with Gasteiger partial charge in [-0.25, -0.2) is 8.42 Å². The monoisotopic (exact) mass is 391 g/mol. The van der Waals surface area contributed by atoms with E-state index >= 15 is 0 Å². The van der Waals surface area contributed by atoms with Crippen LogP contribution in [0.25, 0.3) is 0 Å². The standard InChI is InChI=1S/C19H25N3O2S2/c1-16(2)17-6-8-18(9-7-17)26(23,24)22-13-11-20(12-14-22)15-21-10-4-3-5-19(21)25/h3-10,16H,11-15H2,1-2H3. The lowest BCUT2D eigenvalue weighted by Crippen LogP contribution is -2.48.